The van der Waals surface area contributed by atoms with Gasteiger partial charge >= 0.3 is 0 Å². The molecule has 0 radical (unpaired) electrons. The molecule has 0 spiro atoms. The van der Waals surface area contributed by atoms with Crippen molar-refractivity contribution in [2.45, 2.75) is 33.4 Å². The Labute approximate surface area is 196 Å². The van der Waals surface area contributed by atoms with Gasteiger partial charge in [0, 0.05) is 45.7 Å². The van der Waals surface area contributed by atoms with E-state index in [2.05, 4.69) is 68.4 Å². The van der Waals surface area contributed by atoms with E-state index in [4.69, 9.17) is 9.73 Å². The van der Waals surface area contributed by atoms with E-state index < -0.39 is 0 Å². The zero-order valence-corrected chi connectivity index (χ0v) is 20.3. The lowest BCUT2D eigenvalue weighted by molar-refractivity contribution is 0.0389. The molecular weight excluding hydrogens is 493 g/mol. The maximum atomic E-state index is 5.42. The van der Waals surface area contributed by atoms with Gasteiger partial charge in [0.1, 0.15) is 12.2 Å². The van der Waals surface area contributed by atoms with E-state index in [0.717, 1.165) is 70.7 Å². The van der Waals surface area contributed by atoms with E-state index in [1.807, 2.05) is 0 Å². The number of ether oxygens (including phenoxy) is 1. The summed E-state index contributed by atoms with van der Waals surface area (Å²) in [5.41, 5.74) is 2.47. The molecule has 2 N–H and O–H groups in total. The maximum Gasteiger partial charge on any atom is 0.191 e. The average molecular weight is 527 g/mol. The van der Waals surface area contributed by atoms with Gasteiger partial charge in [-0.2, -0.15) is 0 Å². The lowest BCUT2D eigenvalue weighted by Crippen LogP contribution is -2.45. The first-order valence-corrected chi connectivity index (χ1v) is 10.5. The lowest BCUT2D eigenvalue weighted by atomic mass is 10.1. The standard InChI is InChI=1S/C21H33N7O.HI/c1-3-20-26-25-17-28(20)11-9-23-21(22-8-10-27-12-14-29-15-13-27)24-16-19-6-4-18(2)5-7-19;/h4-7,17H,3,8-16H2,1-2H3,(H2,22,23,24);1H. The Morgan fingerprint density at radius 1 is 1.10 bits per heavy atom. The number of guanidine groups is 1. The van der Waals surface area contributed by atoms with Crippen molar-refractivity contribution in [3.05, 3.63) is 47.5 Å². The number of halogens is 1. The Balaban J connectivity index is 0.00000320. The quantitative estimate of drug-likeness (QED) is 0.295. The lowest BCUT2D eigenvalue weighted by Gasteiger charge is -2.26. The van der Waals surface area contributed by atoms with Gasteiger partial charge < -0.3 is 19.9 Å². The van der Waals surface area contributed by atoms with Crippen LogP contribution in [0.3, 0.4) is 0 Å². The highest BCUT2D eigenvalue weighted by Gasteiger charge is 2.10. The van der Waals surface area contributed by atoms with Crippen molar-refractivity contribution in [3.63, 3.8) is 0 Å². The first kappa shape index (κ1) is 24.5. The molecule has 9 heteroatoms. The van der Waals surface area contributed by atoms with Crippen LogP contribution in [0.4, 0.5) is 0 Å². The van der Waals surface area contributed by atoms with Crippen LogP contribution in [0.1, 0.15) is 23.9 Å². The predicted molar refractivity (Wildman–Crippen MR) is 130 cm³/mol. The van der Waals surface area contributed by atoms with Crippen LogP contribution in [-0.2, 0) is 24.2 Å². The van der Waals surface area contributed by atoms with Crippen LogP contribution in [0.15, 0.2) is 35.6 Å². The van der Waals surface area contributed by atoms with E-state index in [1.54, 1.807) is 6.33 Å². The fourth-order valence-electron chi connectivity index (χ4n) is 3.23. The Hall–Kier alpha value is -1.72. The third-order valence-corrected chi connectivity index (χ3v) is 5.02. The normalized spacial score (nSPS) is 14.9. The molecular formula is C21H34IN7O. The number of hydrogen-bond acceptors (Lipinski definition) is 5. The number of aryl methyl sites for hydroxylation is 2. The topological polar surface area (TPSA) is 79.6 Å². The van der Waals surface area contributed by atoms with Crippen molar-refractivity contribution in [1.82, 2.24) is 30.3 Å². The molecule has 0 atom stereocenters. The first-order chi connectivity index (χ1) is 14.2. The molecule has 1 aliphatic heterocycles. The summed E-state index contributed by atoms with van der Waals surface area (Å²) in [5, 5.41) is 15.1. The van der Waals surface area contributed by atoms with E-state index in [9.17, 15) is 0 Å². The Morgan fingerprint density at radius 3 is 2.50 bits per heavy atom. The van der Waals surface area contributed by atoms with E-state index in [1.165, 1.54) is 11.1 Å². The maximum absolute atomic E-state index is 5.42. The molecule has 8 nitrogen and oxygen atoms in total. The Kier molecular flexibility index (Phi) is 11.1. The molecule has 1 aromatic heterocycles. The minimum atomic E-state index is 0. The highest BCUT2D eigenvalue weighted by Crippen LogP contribution is 2.04. The van der Waals surface area contributed by atoms with Gasteiger partial charge in [0.25, 0.3) is 0 Å². The Morgan fingerprint density at radius 2 is 1.80 bits per heavy atom. The summed E-state index contributed by atoms with van der Waals surface area (Å²) in [6, 6.07) is 8.52. The van der Waals surface area contributed by atoms with Crippen molar-refractivity contribution >= 4 is 29.9 Å². The molecule has 1 aromatic carbocycles. The van der Waals surface area contributed by atoms with Crippen LogP contribution in [-0.4, -0.2) is 71.6 Å². The van der Waals surface area contributed by atoms with Crippen molar-refractivity contribution in [2.24, 2.45) is 4.99 Å². The number of morpholine rings is 1. The highest BCUT2D eigenvalue weighted by atomic mass is 127. The Bertz CT molecular complexity index is 757. The molecule has 1 saturated heterocycles. The van der Waals surface area contributed by atoms with Gasteiger partial charge in [0.2, 0.25) is 0 Å². The highest BCUT2D eigenvalue weighted by molar-refractivity contribution is 14.0. The summed E-state index contributed by atoms with van der Waals surface area (Å²) in [6.07, 6.45) is 2.67. The van der Waals surface area contributed by atoms with Crippen LogP contribution < -0.4 is 10.6 Å². The van der Waals surface area contributed by atoms with Gasteiger partial charge in [-0.1, -0.05) is 36.8 Å². The summed E-state index contributed by atoms with van der Waals surface area (Å²) < 4.78 is 7.50. The monoisotopic (exact) mass is 527 g/mol. The molecule has 1 fully saturated rings. The van der Waals surface area contributed by atoms with Gasteiger partial charge in [-0.05, 0) is 12.5 Å². The number of hydrogen-bond donors (Lipinski definition) is 2. The van der Waals surface area contributed by atoms with Gasteiger partial charge in [0.05, 0.1) is 19.8 Å². The third-order valence-electron chi connectivity index (χ3n) is 5.02. The molecule has 2 aromatic rings. The van der Waals surface area contributed by atoms with Gasteiger partial charge in [-0.25, -0.2) is 4.99 Å². The van der Waals surface area contributed by atoms with Crippen molar-refractivity contribution < 1.29 is 4.74 Å². The van der Waals surface area contributed by atoms with Crippen LogP contribution in [0.5, 0.6) is 0 Å². The van der Waals surface area contributed by atoms with Crippen molar-refractivity contribution in [1.29, 1.82) is 0 Å². The minimum Gasteiger partial charge on any atom is -0.379 e. The molecule has 1 aliphatic rings. The summed E-state index contributed by atoms with van der Waals surface area (Å²) in [6.45, 7) is 11.9. The third kappa shape index (κ3) is 8.19. The number of rotatable bonds is 9. The molecule has 166 valence electrons. The number of benzene rings is 1. The smallest absolute Gasteiger partial charge is 0.191 e. The summed E-state index contributed by atoms with van der Waals surface area (Å²) in [5.74, 6) is 1.84. The zero-order chi connectivity index (χ0) is 20.3. The molecule has 0 saturated carbocycles. The minimum absolute atomic E-state index is 0. The number of aliphatic imine (C=N–C) groups is 1. The fraction of sp³-hybridized carbons (Fsp3) is 0.571. The van der Waals surface area contributed by atoms with E-state index in [0.29, 0.717) is 6.54 Å². The van der Waals surface area contributed by atoms with Gasteiger partial charge in [0.15, 0.2) is 5.96 Å². The molecule has 0 bridgehead atoms. The van der Waals surface area contributed by atoms with Crippen LogP contribution in [0.25, 0.3) is 0 Å². The number of nitrogens with zero attached hydrogens (tertiary/aromatic N) is 5. The van der Waals surface area contributed by atoms with Crippen LogP contribution >= 0.6 is 24.0 Å². The fourth-order valence-corrected chi connectivity index (χ4v) is 3.23. The summed E-state index contributed by atoms with van der Waals surface area (Å²) in [7, 11) is 0. The van der Waals surface area contributed by atoms with Crippen LogP contribution in [0.2, 0.25) is 0 Å². The predicted octanol–water partition coefficient (Wildman–Crippen LogP) is 1.83. The number of aromatic nitrogens is 3. The zero-order valence-electron chi connectivity index (χ0n) is 18.0. The molecule has 0 unspecified atom stereocenters. The van der Waals surface area contributed by atoms with Crippen molar-refractivity contribution in [3.8, 4) is 0 Å². The molecule has 0 aliphatic carbocycles. The second-order valence-corrected chi connectivity index (χ2v) is 7.25. The van der Waals surface area contributed by atoms with E-state index in [-0.39, 0.29) is 24.0 Å². The second kappa shape index (κ2) is 13.6. The SMILES string of the molecule is CCc1nncn1CCNC(=NCc1ccc(C)cc1)NCCN1CCOCC1.I. The molecule has 3 rings (SSSR count). The van der Waals surface area contributed by atoms with Crippen molar-refractivity contribution in [2.75, 3.05) is 45.9 Å². The first-order valence-electron chi connectivity index (χ1n) is 10.5. The number of nitrogens with one attached hydrogen (secondary N) is 2. The molecule has 2 heterocycles. The molecule has 0 amide bonds. The van der Waals surface area contributed by atoms with E-state index >= 15 is 0 Å². The summed E-state index contributed by atoms with van der Waals surface area (Å²) >= 11 is 0. The van der Waals surface area contributed by atoms with Gasteiger partial charge in [-0.15, -0.1) is 34.2 Å². The second-order valence-electron chi connectivity index (χ2n) is 7.25. The summed E-state index contributed by atoms with van der Waals surface area (Å²) in [4.78, 5) is 7.19. The largest absolute Gasteiger partial charge is 0.379 e. The van der Waals surface area contributed by atoms with Gasteiger partial charge in [-0.3, -0.25) is 4.90 Å². The average Bonchev–Trinajstić information content (AvgIpc) is 3.21. The van der Waals surface area contributed by atoms with Crippen LogP contribution in [0, 0.1) is 6.92 Å². The molecule has 30 heavy (non-hydrogen) atoms.